The number of methoxy groups -OCH3 is 1. The van der Waals surface area contributed by atoms with Crippen molar-refractivity contribution in [3.8, 4) is 11.8 Å². The van der Waals surface area contributed by atoms with E-state index in [1.807, 2.05) is 9.58 Å². The molecule has 206 valence electrons. The number of carbonyl (C=O) groups excluding carboxylic acids is 1. The zero-order chi connectivity index (χ0) is 27.7. The van der Waals surface area contributed by atoms with Crippen LogP contribution in [0.4, 0.5) is 18.9 Å². The first-order valence-corrected chi connectivity index (χ1v) is 12.6. The third-order valence-electron chi connectivity index (χ3n) is 7.04. The number of halogens is 3. The Morgan fingerprint density at radius 3 is 2.62 bits per heavy atom. The molecule has 1 aliphatic heterocycles. The Hall–Kier alpha value is -4.16. The summed E-state index contributed by atoms with van der Waals surface area (Å²) in [6.45, 7) is 5.30. The molecule has 4 aromatic rings. The molecule has 1 atom stereocenters. The summed E-state index contributed by atoms with van der Waals surface area (Å²) < 4.78 is 53.3. The van der Waals surface area contributed by atoms with Crippen LogP contribution >= 0.6 is 0 Å². The van der Waals surface area contributed by atoms with Crippen LogP contribution in [0.3, 0.4) is 0 Å². The number of aromatic nitrogens is 6. The number of hydrogen-bond acceptors (Lipinski definition) is 8. The minimum absolute atomic E-state index is 0.0328. The van der Waals surface area contributed by atoms with E-state index in [1.165, 1.54) is 36.3 Å². The van der Waals surface area contributed by atoms with Crippen LogP contribution in [0, 0.1) is 5.92 Å². The Morgan fingerprint density at radius 1 is 1.15 bits per heavy atom. The highest BCUT2D eigenvalue weighted by Crippen LogP contribution is 2.36. The molecule has 1 aromatic carbocycles. The molecular weight excluding hydrogens is 515 g/mol. The van der Waals surface area contributed by atoms with E-state index in [1.54, 1.807) is 19.2 Å². The van der Waals surface area contributed by atoms with E-state index in [-0.39, 0.29) is 30.1 Å². The van der Waals surface area contributed by atoms with Gasteiger partial charge in [0, 0.05) is 25.0 Å². The van der Waals surface area contributed by atoms with Gasteiger partial charge >= 0.3 is 12.1 Å². The third kappa shape index (κ3) is 5.25. The van der Waals surface area contributed by atoms with E-state index in [2.05, 4.69) is 27.1 Å². The van der Waals surface area contributed by atoms with E-state index in [0.29, 0.717) is 35.7 Å². The van der Waals surface area contributed by atoms with Gasteiger partial charge in [-0.05, 0) is 50.8 Å². The predicted octanol–water partition coefficient (Wildman–Crippen LogP) is 4.69. The minimum atomic E-state index is -4.37. The highest BCUT2D eigenvalue weighted by Gasteiger charge is 2.32. The monoisotopic (exact) mass is 543 g/mol. The summed E-state index contributed by atoms with van der Waals surface area (Å²) in [4.78, 5) is 23.1. The van der Waals surface area contributed by atoms with Gasteiger partial charge in [-0.2, -0.15) is 28.4 Å². The first-order chi connectivity index (χ1) is 18.7. The van der Waals surface area contributed by atoms with Gasteiger partial charge in [0.15, 0.2) is 0 Å². The van der Waals surface area contributed by atoms with Gasteiger partial charge in [0.2, 0.25) is 5.88 Å². The fourth-order valence-corrected chi connectivity index (χ4v) is 4.94. The molecule has 0 amide bonds. The van der Waals surface area contributed by atoms with Crippen molar-refractivity contribution in [2.75, 3.05) is 31.7 Å². The second-order valence-electron chi connectivity index (χ2n) is 9.36. The lowest BCUT2D eigenvalue weighted by Gasteiger charge is -2.36. The van der Waals surface area contributed by atoms with Gasteiger partial charge in [-0.15, -0.1) is 0 Å². The van der Waals surface area contributed by atoms with Crippen LogP contribution in [-0.4, -0.2) is 62.3 Å². The molecule has 4 heterocycles. The number of fused-ring (bicyclic) bond motifs is 1. The van der Waals surface area contributed by atoms with Gasteiger partial charge in [0.25, 0.3) is 5.95 Å². The van der Waals surface area contributed by atoms with Crippen LogP contribution in [-0.2, 0) is 10.9 Å². The van der Waals surface area contributed by atoms with Gasteiger partial charge in [-0.25, -0.2) is 14.5 Å². The molecule has 5 rings (SSSR count). The zero-order valence-corrected chi connectivity index (χ0v) is 21.7. The van der Waals surface area contributed by atoms with Crippen LogP contribution in [0.5, 0.6) is 5.88 Å². The van der Waals surface area contributed by atoms with Gasteiger partial charge in [0.05, 0.1) is 43.3 Å². The summed E-state index contributed by atoms with van der Waals surface area (Å²) in [6, 6.07) is 5.43. The SMILES string of the molecule is CCOC(=O)c1cnn(-c2nc(OC)c3c(cnn3[C@@H](C)C3CCN(c4cccc(C(F)(F)F)c4)CC3)n2)c1. The van der Waals surface area contributed by atoms with Crippen LogP contribution in [0.15, 0.2) is 42.9 Å². The zero-order valence-electron chi connectivity index (χ0n) is 21.7. The molecule has 1 fully saturated rings. The second kappa shape index (κ2) is 10.5. The molecule has 13 heteroatoms. The summed E-state index contributed by atoms with van der Waals surface area (Å²) in [5.41, 5.74) is 1.40. The van der Waals surface area contributed by atoms with Crippen molar-refractivity contribution in [1.29, 1.82) is 0 Å². The molecular formula is C26H28F3N7O3. The maximum atomic E-state index is 13.2. The molecule has 39 heavy (non-hydrogen) atoms. The van der Waals surface area contributed by atoms with Gasteiger partial charge < -0.3 is 14.4 Å². The van der Waals surface area contributed by atoms with Crippen molar-refractivity contribution in [3.05, 3.63) is 54.0 Å². The van der Waals surface area contributed by atoms with Crippen LogP contribution in [0.1, 0.15) is 48.7 Å². The number of benzene rings is 1. The van der Waals surface area contributed by atoms with Gasteiger partial charge in [0.1, 0.15) is 11.0 Å². The average molecular weight is 544 g/mol. The number of ether oxygens (including phenoxy) is 2. The van der Waals surface area contributed by atoms with Crippen molar-refractivity contribution >= 4 is 22.7 Å². The highest BCUT2D eigenvalue weighted by atomic mass is 19.4. The maximum Gasteiger partial charge on any atom is 0.416 e. The molecule has 0 unspecified atom stereocenters. The number of hydrogen-bond donors (Lipinski definition) is 0. The topological polar surface area (TPSA) is 100 Å². The number of anilines is 1. The molecule has 3 aromatic heterocycles. The summed E-state index contributed by atoms with van der Waals surface area (Å²) in [6.07, 6.45) is 1.70. The molecule has 0 spiro atoms. The molecule has 1 aliphatic rings. The summed E-state index contributed by atoms with van der Waals surface area (Å²) >= 11 is 0. The molecule has 0 aliphatic carbocycles. The molecule has 0 saturated carbocycles. The fraction of sp³-hybridized carbons (Fsp3) is 0.423. The Kier molecular flexibility index (Phi) is 7.15. The minimum Gasteiger partial charge on any atom is -0.479 e. The summed E-state index contributed by atoms with van der Waals surface area (Å²) in [5.74, 6) is 0.278. The average Bonchev–Trinajstić information content (AvgIpc) is 3.60. The third-order valence-corrected chi connectivity index (χ3v) is 7.04. The Morgan fingerprint density at radius 2 is 1.92 bits per heavy atom. The van der Waals surface area contributed by atoms with Crippen LogP contribution in [0.25, 0.3) is 17.0 Å². The summed E-state index contributed by atoms with van der Waals surface area (Å²) in [5, 5.41) is 8.76. The molecule has 0 N–H and O–H groups in total. The quantitative estimate of drug-likeness (QED) is 0.310. The number of alkyl halides is 3. The Bertz CT molecular complexity index is 1480. The Labute approximate surface area is 222 Å². The molecule has 0 bridgehead atoms. The van der Waals surface area contributed by atoms with Crippen molar-refractivity contribution in [2.24, 2.45) is 5.92 Å². The van der Waals surface area contributed by atoms with Gasteiger partial charge in [-0.3, -0.25) is 4.68 Å². The number of esters is 1. The standard InChI is InChI=1S/C26H28F3N7O3/c1-4-39-24(37)18-13-30-35(15-18)25-32-21-14-31-36(22(21)23(33-25)38-3)16(2)17-8-10-34(11-9-17)20-7-5-6-19(12-20)26(27,28)29/h5-7,12-17H,4,8-11H2,1-3H3/t16-/m0/s1. The Balaban J connectivity index is 1.34. The number of rotatable bonds is 7. The molecule has 1 saturated heterocycles. The van der Waals surface area contributed by atoms with E-state index in [4.69, 9.17) is 9.47 Å². The maximum absolute atomic E-state index is 13.2. The van der Waals surface area contributed by atoms with E-state index < -0.39 is 17.7 Å². The van der Waals surface area contributed by atoms with Crippen molar-refractivity contribution < 1.29 is 27.4 Å². The lowest BCUT2D eigenvalue weighted by atomic mass is 9.90. The number of piperidine rings is 1. The first kappa shape index (κ1) is 26.4. The second-order valence-corrected chi connectivity index (χ2v) is 9.36. The van der Waals surface area contributed by atoms with E-state index >= 15 is 0 Å². The van der Waals surface area contributed by atoms with Crippen molar-refractivity contribution in [2.45, 2.75) is 38.9 Å². The summed E-state index contributed by atoms with van der Waals surface area (Å²) in [7, 11) is 1.51. The number of nitrogens with zero attached hydrogens (tertiary/aromatic N) is 7. The lowest BCUT2D eigenvalue weighted by molar-refractivity contribution is -0.137. The number of carbonyl (C=O) groups is 1. The van der Waals surface area contributed by atoms with Gasteiger partial charge in [-0.1, -0.05) is 6.07 Å². The molecule has 0 radical (unpaired) electrons. The van der Waals surface area contributed by atoms with E-state index in [9.17, 15) is 18.0 Å². The smallest absolute Gasteiger partial charge is 0.416 e. The van der Waals surface area contributed by atoms with Crippen LogP contribution < -0.4 is 9.64 Å². The first-order valence-electron chi connectivity index (χ1n) is 12.6. The largest absolute Gasteiger partial charge is 0.479 e. The molecule has 10 nitrogen and oxygen atoms in total. The van der Waals surface area contributed by atoms with Crippen molar-refractivity contribution in [3.63, 3.8) is 0 Å². The highest BCUT2D eigenvalue weighted by molar-refractivity contribution is 5.88. The fourth-order valence-electron chi connectivity index (χ4n) is 4.94. The lowest BCUT2D eigenvalue weighted by Crippen LogP contribution is -2.36. The normalized spacial score (nSPS) is 15.5. The predicted molar refractivity (Wildman–Crippen MR) is 136 cm³/mol. The van der Waals surface area contributed by atoms with Crippen LogP contribution in [0.2, 0.25) is 0 Å². The van der Waals surface area contributed by atoms with Crippen molar-refractivity contribution in [1.82, 2.24) is 29.5 Å². The van der Waals surface area contributed by atoms with E-state index in [0.717, 1.165) is 18.9 Å².